The van der Waals surface area contributed by atoms with E-state index in [2.05, 4.69) is 0 Å². The normalized spacial score (nSPS) is 30.3. The van der Waals surface area contributed by atoms with Gasteiger partial charge in [0, 0.05) is 44.3 Å². The molecule has 1 aromatic carbocycles. The van der Waals surface area contributed by atoms with E-state index in [1.54, 1.807) is 14.0 Å². The molecule has 6 atom stereocenters. The van der Waals surface area contributed by atoms with Crippen molar-refractivity contribution in [1.82, 2.24) is 0 Å². The SMILES string of the molecule is CC[C@@H](/C=C(/C)C1C[C@@H](OC)C[C@H](O)C(C)(C)c2cccc(c2)C[C@H](O)[C@@H](O)C(=O)O1)CO. The molecule has 4 N–H and O–H groups in total. The van der Waals surface area contributed by atoms with Crippen LogP contribution in [0, 0.1) is 5.92 Å². The van der Waals surface area contributed by atoms with Crippen LogP contribution < -0.4 is 0 Å². The fourth-order valence-electron chi connectivity index (χ4n) is 4.19. The van der Waals surface area contributed by atoms with Crippen LogP contribution in [0.4, 0.5) is 0 Å². The third-order valence-corrected chi connectivity index (χ3v) is 6.88. The number of fused-ring (bicyclic) bond motifs is 2. The Kier molecular flexibility index (Phi) is 10.1. The molecule has 0 saturated carbocycles. The highest BCUT2D eigenvalue weighted by atomic mass is 16.6. The molecule has 0 spiro atoms. The number of benzene rings is 1. The highest BCUT2D eigenvalue weighted by Gasteiger charge is 2.35. The lowest BCUT2D eigenvalue weighted by molar-refractivity contribution is -0.165. The van der Waals surface area contributed by atoms with Gasteiger partial charge in [-0.25, -0.2) is 4.79 Å². The van der Waals surface area contributed by atoms with Crippen LogP contribution in [0.5, 0.6) is 0 Å². The molecule has 0 saturated heterocycles. The van der Waals surface area contributed by atoms with Crippen LogP contribution in [-0.2, 0) is 26.1 Å². The molecule has 1 aliphatic heterocycles. The van der Waals surface area contributed by atoms with Gasteiger partial charge in [0.25, 0.3) is 0 Å². The minimum Gasteiger partial charge on any atom is -0.456 e. The van der Waals surface area contributed by atoms with Crippen molar-refractivity contribution >= 4 is 5.97 Å². The molecule has 0 amide bonds. The molecule has 0 aliphatic carbocycles. The van der Waals surface area contributed by atoms with E-state index in [1.807, 2.05) is 51.1 Å². The van der Waals surface area contributed by atoms with Gasteiger partial charge in [0.2, 0.25) is 0 Å². The second-order valence-corrected chi connectivity index (χ2v) is 9.67. The monoisotopic (exact) mass is 464 g/mol. The maximum Gasteiger partial charge on any atom is 0.338 e. The van der Waals surface area contributed by atoms with Gasteiger partial charge >= 0.3 is 5.97 Å². The second-order valence-electron chi connectivity index (χ2n) is 9.67. The first-order valence-corrected chi connectivity index (χ1v) is 11.7. The van der Waals surface area contributed by atoms with Crippen LogP contribution in [0.3, 0.4) is 0 Å². The molecule has 1 heterocycles. The van der Waals surface area contributed by atoms with E-state index < -0.39 is 41.9 Å². The van der Waals surface area contributed by atoms with Gasteiger partial charge in [-0.2, -0.15) is 0 Å². The number of carbonyl (C=O) groups excluding carboxylic acids is 1. The van der Waals surface area contributed by atoms with Gasteiger partial charge in [0.1, 0.15) is 6.10 Å². The predicted molar refractivity (Wildman–Crippen MR) is 126 cm³/mol. The average molecular weight is 465 g/mol. The highest BCUT2D eigenvalue weighted by molar-refractivity contribution is 5.75. The predicted octanol–water partition coefficient (Wildman–Crippen LogP) is 2.27. The van der Waals surface area contributed by atoms with Crippen LogP contribution >= 0.6 is 0 Å². The van der Waals surface area contributed by atoms with Gasteiger partial charge in [-0.3, -0.25) is 0 Å². The Morgan fingerprint density at radius 1 is 1.27 bits per heavy atom. The molecule has 7 heteroatoms. The van der Waals surface area contributed by atoms with Gasteiger partial charge < -0.3 is 29.9 Å². The Bertz CT molecular complexity index is 800. The molecule has 33 heavy (non-hydrogen) atoms. The highest BCUT2D eigenvalue weighted by Crippen LogP contribution is 2.32. The molecule has 1 aromatic rings. The molecule has 186 valence electrons. The third-order valence-electron chi connectivity index (χ3n) is 6.88. The lowest BCUT2D eigenvalue weighted by atomic mass is 9.76. The largest absolute Gasteiger partial charge is 0.456 e. The molecule has 0 aromatic heterocycles. The number of esters is 1. The average Bonchev–Trinajstić information content (AvgIpc) is 2.79. The number of methoxy groups -OCH3 is 1. The first kappa shape index (κ1) is 27.5. The lowest BCUT2D eigenvalue weighted by Gasteiger charge is -2.35. The quantitative estimate of drug-likeness (QED) is 0.390. The van der Waals surface area contributed by atoms with Crippen LogP contribution in [0.1, 0.15) is 58.1 Å². The molecular weight excluding hydrogens is 424 g/mol. The van der Waals surface area contributed by atoms with Crippen molar-refractivity contribution in [2.24, 2.45) is 5.92 Å². The molecule has 2 rings (SSSR count). The second kappa shape index (κ2) is 12.1. The van der Waals surface area contributed by atoms with E-state index >= 15 is 0 Å². The summed E-state index contributed by atoms with van der Waals surface area (Å²) in [5.41, 5.74) is 1.76. The van der Waals surface area contributed by atoms with Crippen molar-refractivity contribution in [3.8, 4) is 0 Å². The van der Waals surface area contributed by atoms with Crippen LogP contribution in [0.15, 0.2) is 35.9 Å². The standard InChI is InChI=1S/C26H40O7/c1-6-17(15-27)10-16(2)22-13-20(32-5)14-23(29)26(3,4)19-9-7-8-18(11-19)12-21(28)24(30)25(31)33-22/h7-11,17,20-24,27-30H,6,12-15H2,1-5H3/b16-10-/t17-,20+,21-,22?,23-,24+/m0/s1. The number of cyclic esters (lactones) is 1. The third kappa shape index (κ3) is 7.11. The summed E-state index contributed by atoms with van der Waals surface area (Å²) >= 11 is 0. The van der Waals surface area contributed by atoms with E-state index in [0.29, 0.717) is 12.8 Å². The molecule has 0 fully saturated rings. The molecule has 2 bridgehead atoms. The zero-order chi connectivity index (χ0) is 24.8. The van der Waals surface area contributed by atoms with Gasteiger partial charge in [-0.1, -0.05) is 51.1 Å². The fraction of sp³-hybridized carbons (Fsp3) is 0.654. The molecule has 7 nitrogen and oxygen atoms in total. The lowest BCUT2D eigenvalue weighted by Crippen LogP contribution is -2.41. The number of carbonyl (C=O) groups is 1. The summed E-state index contributed by atoms with van der Waals surface area (Å²) in [5.74, 6) is -1.01. The molecule has 1 aliphatic rings. The summed E-state index contributed by atoms with van der Waals surface area (Å²) in [6.07, 6.45) is -1.71. The minimum atomic E-state index is -1.70. The summed E-state index contributed by atoms with van der Waals surface area (Å²) in [6.45, 7) is 7.64. The smallest absolute Gasteiger partial charge is 0.338 e. The number of hydrogen-bond acceptors (Lipinski definition) is 7. The van der Waals surface area contributed by atoms with Crippen molar-refractivity contribution < 1.29 is 34.7 Å². The maximum atomic E-state index is 12.7. The first-order chi connectivity index (χ1) is 15.5. The van der Waals surface area contributed by atoms with E-state index in [0.717, 1.165) is 16.7 Å². The maximum absolute atomic E-state index is 12.7. The number of rotatable bonds is 5. The van der Waals surface area contributed by atoms with Crippen molar-refractivity contribution in [3.63, 3.8) is 0 Å². The van der Waals surface area contributed by atoms with Gasteiger partial charge in [-0.05, 0) is 30.0 Å². The van der Waals surface area contributed by atoms with Crippen molar-refractivity contribution in [2.75, 3.05) is 13.7 Å². The number of hydrogen-bond donors (Lipinski definition) is 4. The van der Waals surface area contributed by atoms with Crippen LogP contribution in [0.25, 0.3) is 0 Å². The summed E-state index contributed by atoms with van der Waals surface area (Å²) in [6, 6.07) is 7.46. The fourth-order valence-corrected chi connectivity index (χ4v) is 4.19. The van der Waals surface area contributed by atoms with E-state index in [9.17, 15) is 25.2 Å². The number of aliphatic hydroxyl groups is 4. The molecule has 0 radical (unpaired) electrons. The summed E-state index contributed by atoms with van der Waals surface area (Å²) < 4.78 is 11.3. The zero-order valence-electron chi connectivity index (χ0n) is 20.4. The van der Waals surface area contributed by atoms with Crippen molar-refractivity contribution in [1.29, 1.82) is 0 Å². The van der Waals surface area contributed by atoms with Gasteiger partial charge in [0.05, 0.1) is 18.3 Å². The Hall–Kier alpha value is -1.77. The molecule has 1 unspecified atom stereocenters. The van der Waals surface area contributed by atoms with E-state index in [4.69, 9.17) is 9.47 Å². The Balaban J connectivity index is 2.46. The van der Waals surface area contributed by atoms with Crippen molar-refractivity contribution in [2.45, 2.75) is 89.3 Å². The minimum absolute atomic E-state index is 0.0335. The summed E-state index contributed by atoms with van der Waals surface area (Å²) in [5, 5.41) is 41.7. The summed E-state index contributed by atoms with van der Waals surface area (Å²) in [4.78, 5) is 12.7. The number of ether oxygens (including phenoxy) is 2. The first-order valence-electron chi connectivity index (χ1n) is 11.7. The van der Waals surface area contributed by atoms with Gasteiger partial charge in [-0.15, -0.1) is 0 Å². The van der Waals surface area contributed by atoms with Crippen molar-refractivity contribution in [3.05, 3.63) is 47.0 Å². The van der Waals surface area contributed by atoms with E-state index in [-0.39, 0.29) is 25.4 Å². The summed E-state index contributed by atoms with van der Waals surface area (Å²) in [7, 11) is 1.55. The Morgan fingerprint density at radius 2 is 1.97 bits per heavy atom. The van der Waals surface area contributed by atoms with Crippen LogP contribution in [0.2, 0.25) is 0 Å². The Morgan fingerprint density at radius 3 is 2.58 bits per heavy atom. The van der Waals surface area contributed by atoms with E-state index in [1.165, 1.54) is 0 Å². The number of aliphatic hydroxyl groups excluding tert-OH is 4. The topological polar surface area (TPSA) is 116 Å². The molecular formula is C26H40O7. The Labute approximate surface area is 197 Å². The zero-order valence-corrected chi connectivity index (χ0v) is 20.4. The van der Waals surface area contributed by atoms with Gasteiger partial charge in [0.15, 0.2) is 6.10 Å². The van der Waals surface area contributed by atoms with Crippen LogP contribution in [-0.4, -0.2) is 70.6 Å².